The molecule has 9 nitrogen and oxygen atoms in total. The first kappa shape index (κ1) is 19.0. The number of nitro groups is 1. The van der Waals surface area contributed by atoms with Gasteiger partial charge in [0, 0.05) is 25.7 Å². The number of anilines is 1. The van der Waals surface area contributed by atoms with E-state index in [4.69, 9.17) is 9.15 Å². The van der Waals surface area contributed by atoms with Crippen LogP contribution in [0.15, 0.2) is 28.7 Å². The lowest BCUT2D eigenvalue weighted by atomic mass is 10.1. The van der Waals surface area contributed by atoms with Gasteiger partial charge in [-0.25, -0.2) is 9.59 Å². The van der Waals surface area contributed by atoms with Crippen molar-refractivity contribution >= 4 is 23.3 Å². The Labute approximate surface area is 149 Å². The van der Waals surface area contributed by atoms with Crippen LogP contribution in [0.4, 0.5) is 11.4 Å². The van der Waals surface area contributed by atoms with Crippen molar-refractivity contribution in [2.45, 2.75) is 13.5 Å². The molecule has 0 unspecified atom stereocenters. The maximum Gasteiger partial charge on any atom is 0.374 e. The zero-order chi connectivity index (χ0) is 19.4. The predicted octanol–water partition coefficient (Wildman–Crippen LogP) is 2.71. The number of methoxy groups -OCH3 is 1. The van der Waals surface area contributed by atoms with Crippen molar-refractivity contribution in [2.24, 2.45) is 0 Å². The summed E-state index contributed by atoms with van der Waals surface area (Å²) in [5.74, 6) is -1.08. The average molecular weight is 362 g/mol. The third kappa shape index (κ3) is 4.00. The second kappa shape index (κ2) is 7.68. The number of benzene rings is 1. The molecule has 1 aromatic heterocycles. The van der Waals surface area contributed by atoms with Gasteiger partial charge in [-0.3, -0.25) is 10.1 Å². The zero-order valence-corrected chi connectivity index (χ0v) is 14.8. The van der Waals surface area contributed by atoms with Crippen LogP contribution in [0.5, 0.6) is 0 Å². The van der Waals surface area contributed by atoms with Gasteiger partial charge in [-0.1, -0.05) is 0 Å². The number of nitro benzene ring substituents is 1. The van der Waals surface area contributed by atoms with Gasteiger partial charge in [0.25, 0.3) is 5.69 Å². The van der Waals surface area contributed by atoms with Crippen molar-refractivity contribution in [3.8, 4) is 0 Å². The number of esters is 2. The van der Waals surface area contributed by atoms with E-state index in [0.29, 0.717) is 11.3 Å². The molecule has 2 rings (SSSR count). The molecular weight excluding hydrogens is 344 g/mol. The van der Waals surface area contributed by atoms with Crippen LogP contribution in [0.2, 0.25) is 0 Å². The maximum atomic E-state index is 12.2. The van der Waals surface area contributed by atoms with Crippen LogP contribution in [0.3, 0.4) is 0 Å². The average Bonchev–Trinajstić information content (AvgIpc) is 2.99. The molecule has 0 saturated heterocycles. The van der Waals surface area contributed by atoms with Crippen molar-refractivity contribution in [1.29, 1.82) is 0 Å². The van der Waals surface area contributed by atoms with E-state index in [2.05, 4.69) is 4.74 Å². The molecular formula is C17H18N2O7. The SMILES string of the molecule is COC(=O)c1oc(COC(=O)c2ccc(N(C)C)c([N+](=O)[O-])c2)cc1C. The fourth-order valence-electron chi connectivity index (χ4n) is 2.31. The molecule has 0 fully saturated rings. The van der Waals surface area contributed by atoms with E-state index >= 15 is 0 Å². The van der Waals surface area contributed by atoms with Crippen LogP contribution in [0.25, 0.3) is 0 Å². The lowest BCUT2D eigenvalue weighted by Crippen LogP contribution is -2.12. The Balaban J connectivity index is 2.14. The Hall–Kier alpha value is -3.36. The van der Waals surface area contributed by atoms with Gasteiger partial charge in [0.15, 0.2) is 0 Å². The molecule has 1 aromatic carbocycles. The molecule has 0 radical (unpaired) electrons. The number of carbonyl (C=O) groups excluding carboxylic acids is 2. The minimum Gasteiger partial charge on any atom is -0.463 e. The van der Waals surface area contributed by atoms with Crippen LogP contribution in [-0.2, 0) is 16.1 Å². The van der Waals surface area contributed by atoms with Gasteiger partial charge in [0.1, 0.15) is 18.1 Å². The van der Waals surface area contributed by atoms with Crippen LogP contribution in [-0.4, -0.2) is 38.1 Å². The summed E-state index contributed by atoms with van der Waals surface area (Å²) in [6.07, 6.45) is 0. The molecule has 0 spiro atoms. The molecule has 0 amide bonds. The summed E-state index contributed by atoms with van der Waals surface area (Å²) in [5.41, 5.74) is 0.759. The number of hydrogen-bond acceptors (Lipinski definition) is 8. The number of nitrogens with zero attached hydrogens (tertiary/aromatic N) is 2. The maximum absolute atomic E-state index is 12.2. The minimum absolute atomic E-state index is 0.0320. The Morgan fingerprint density at radius 1 is 1.23 bits per heavy atom. The smallest absolute Gasteiger partial charge is 0.374 e. The van der Waals surface area contributed by atoms with Crippen molar-refractivity contribution in [3.05, 3.63) is 57.0 Å². The zero-order valence-electron chi connectivity index (χ0n) is 14.8. The first-order valence-corrected chi connectivity index (χ1v) is 7.55. The summed E-state index contributed by atoms with van der Waals surface area (Å²) < 4.78 is 15.0. The Bertz CT molecular complexity index is 855. The molecule has 9 heteroatoms. The van der Waals surface area contributed by atoms with Crippen molar-refractivity contribution in [1.82, 2.24) is 0 Å². The highest BCUT2D eigenvalue weighted by Gasteiger charge is 2.21. The van der Waals surface area contributed by atoms with Crippen LogP contribution < -0.4 is 4.90 Å². The van der Waals surface area contributed by atoms with Gasteiger partial charge < -0.3 is 18.8 Å². The Morgan fingerprint density at radius 3 is 2.50 bits per heavy atom. The molecule has 0 atom stereocenters. The third-order valence-corrected chi connectivity index (χ3v) is 3.57. The van der Waals surface area contributed by atoms with Gasteiger partial charge >= 0.3 is 11.9 Å². The predicted molar refractivity (Wildman–Crippen MR) is 91.3 cm³/mol. The summed E-state index contributed by atoms with van der Waals surface area (Å²) >= 11 is 0. The van der Waals surface area contributed by atoms with Gasteiger partial charge in [0.05, 0.1) is 17.6 Å². The lowest BCUT2D eigenvalue weighted by Gasteiger charge is -2.13. The van der Waals surface area contributed by atoms with Crippen molar-refractivity contribution in [3.63, 3.8) is 0 Å². The molecule has 0 N–H and O–H groups in total. The number of rotatable bonds is 6. The van der Waals surface area contributed by atoms with Gasteiger partial charge in [-0.15, -0.1) is 0 Å². The highest BCUT2D eigenvalue weighted by molar-refractivity contribution is 5.91. The molecule has 26 heavy (non-hydrogen) atoms. The molecule has 0 aliphatic carbocycles. The quantitative estimate of drug-likeness (QED) is 0.438. The first-order chi connectivity index (χ1) is 12.2. The summed E-state index contributed by atoms with van der Waals surface area (Å²) in [6, 6.07) is 5.63. The van der Waals surface area contributed by atoms with E-state index in [9.17, 15) is 19.7 Å². The molecule has 1 heterocycles. The fourth-order valence-corrected chi connectivity index (χ4v) is 2.31. The topological polar surface area (TPSA) is 112 Å². The highest BCUT2D eigenvalue weighted by Crippen LogP contribution is 2.28. The van der Waals surface area contributed by atoms with E-state index in [-0.39, 0.29) is 29.4 Å². The second-order valence-corrected chi connectivity index (χ2v) is 5.65. The number of aryl methyl sites for hydroxylation is 1. The molecule has 0 bridgehead atoms. The molecule has 0 aliphatic heterocycles. The fraction of sp³-hybridized carbons (Fsp3) is 0.294. The Morgan fingerprint density at radius 2 is 1.92 bits per heavy atom. The number of furan rings is 1. The molecule has 0 aliphatic rings. The van der Waals surface area contributed by atoms with E-state index in [1.165, 1.54) is 19.2 Å². The number of carbonyl (C=O) groups is 2. The standard InChI is InChI=1S/C17H18N2O7/c1-10-7-12(26-15(10)17(21)24-4)9-25-16(20)11-5-6-13(18(2)3)14(8-11)19(22)23/h5-8H,9H2,1-4H3. The minimum atomic E-state index is -0.743. The normalized spacial score (nSPS) is 10.3. The highest BCUT2D eigenvalue weighted by atomic mass is 16.6. The molecule has 138 valence electrons. The summed E-state index contributed by atoms with van der Waals surface area (Å²) in [6.45, 7) is 1.43. The van der Waals surface area contributed by atoms with Gasteiger partial charge in [-0.2, -0.15) is 0 Å². The second-order valence-electron chi connectivity index (χ2n) is 5.65. The first-order valence-electron chi connectivity index (χ1n) is 7.55. The van der Waals surface area contributed by atoms with Crippen LogP contribution in [0.1, 0.15) is 32.2 Å². The van der Waals surface area contributed by atoms with E-state index in [1.807, 2.05) is 0 Å². The van der Waals surface area contributed by atoms with E-state index in [0.717, 1.165) is 6.07 Å². The monoisotopic (exact) mass is 362 g/mol. The lowest BCUT2D eigenvalue weighted by molar-refractivity contribution is -0.384. The van der Waals surface area contributed by atoms with Gasteiger partial charge in [-0.05, 0) is 25.1 Å². The third-order valence-electron chi connectivity index (χ3n) is 3.57. The van der Waals surface area contributed by atoms with Gasteiger partial charge in [0.2, 0.25) is 5.76 Å². The van der Waals surface area contributed by atoms with Crippen LogP contribution in [0, 0.1) is 17.0 Å². The van der Waals surface area contributed by atoms with E-state index < -0.39 is 16.9 Å². The summed E-state index contributed by atoms with van der Waals surface area (Å²) in [7, 11) is 4.56. The van der Waals surface area contributed by atoms with Crippen LogP contribution >= 0.6 is 0 Å². The Kier molecular flexibility index (Phi) is 5.61. The largest absolute Gasteiger partial charge is 0.463 e. The van der Waals surface area contributed by atoms with Crippen molar-refractivity contribution in [2.75, 3.05) is 26.1 Å². The summed E-state index contributed by atoms with van der Waals surface area (Å²) in [5, 5.41) is 11.2. The van der Waals surface area contributed by atoms with Crippen molar-refractivity contribution < 1.29 is 28.4 Å². The molecule has 2 aromatic rings. The molecule has 0 saturated carbocycles. The number of hydrogen-bond donors (Lipinski definition) is 0. The number of ether oxygens (including phenoxy) is 2. The van der Waals surface area contributed by atoms with E-state index in [1.54, 1.807) is 32.0 Å². The summed E-state index contributed by atoms with van der Waals surface area (Å²) in [4.78, 5) is 35.9.